The van der Waals surface area contributed by atoms with Crippen molar-refractivity contribution >= 4 is 5.78 Å². The molecule has 2 rings (SSSR count). The van der Waals surface area contributed by atoms with E-state index in [1.165, 1.54) is 22.3 Å². The van der Waals surface area contributed by atoms with Crippen LogP contribution >= 0.6 is 0 Å². The van der Waals surface area contributed by atoms with Crippen LogP contribution in [0.3, 0.4) is 0 Å². The highest BCUT2D eigenvalue weighted by Gasteiger charge is 2.30. The van der Waals surface area contributed by atoms with Gasteiger partial charge in [-0.15, -0.1) is 0 Å². The Morgan fingerprint density at radius 2 is 1.89 bits per heavy atom. The summed E-state index contributed by atoms with van der Waals surface area (Å²) in [5.74, 6) is 0.417. The van der Waals surface area contributed by atoms with E-state index in [9.17, 15) is 4.79 Å². The van der Waals surface area contributed by atoms with Gasteiger partial charge in [0.1, 0.15) is 5.78 Å². The van der Waals surface area contributed by atoms with Crippen LogP contribution in [0.5, 0.6) is 0 Å². The minimum Gasteiger partial charge on any atom is -0.378 e. The molecular formula is C16H22O2. The molecule has 0 aliphatic carbocycles. The molecule has 2 nitrogen and oxygen atoms in total. The highest BCUT2D eigenvalue weighted by molar-refractivity contribution is 5.84. The standard InChI is InChI=1S/C16H22O2/c1-10-7-11(2)15(12(3)8-10)9-16(17)14-5-6-18-13(14)4/h7-8,13-14H,5-6,9H2,1-4H3. The molecule has 0 N–H and O–H groups in total. The van der Waals surface area contributed by atoms with Crippen LogP contribution in [0.15, 0.2) is 12.1 Å². The largest absolute Gasteiger partial charge is 0.378 e. The highest BCUT2D eigenvalue weighted by Crippen LogP contribution is 2.25. The van der Waals surface area contributed by atoms with E-state index in [-0.39, 0.29) is 12.0 Å². The van der Waals surface area contributed by atoms with Crippen molar-refractivity contribution in [3.63, 3.8) is 0 Å². The molecule has 1 saturated heterocycles. The van der Waals surface area contributed by atoms with E-state index in [4.69, 9.17) is 4.74 Å². The summed E-state index contributed by atoms with van der Waals surface area (Å²) in [5.41, 5.74) is 4.92. The topological polar surface area (TPSA) is 26.3 Å². The van der Waals surface area contributed by atoms with E-state index in [0.717, 1.165) is 13.0 Å². The summed E-state index contributed by atoms with van der Waals surface area (Å²) in [6.45, 7) is 9.01. The van der Waals surface area contributed by atoms with Gasteiger partial charge in [0.05, 0.1) is 6.10 Å². The first kappa shape index (κ1) is 13.3. The van der Waals surface area contributed by atoms with Gasteiger partial charge in [0.15, 0.2) is 0 Å². The first-order valence-electron chi connectivity index (χ1n) is 6.70. The number of hydrogen-bond acceptors (Lipinski definition) is 2. The Morgan fingerprint density at radius 3 is 2.39 bits per heavy atom. The molecule has 0 spiro atoms. The maximum atomic E-state index is 12.3. The van der Waals surface area contributed by atoms with Gasteiger partial charge in [-0.1, -0.05) is 17.7 Å². The van der Waals surface area contributed by atoms with Crippen molar-refractivity contribution in [2.45, 2.75) is 46.6 Å². The molecule has 2 atom stereocenters. The van der Waals surface area contributed by atoms with Crippen LogP contribution in [0, 0.1) is 26.7 Å². The Hall–Kier alpha value is -1.15. The third-order valence-electron chi connectivity index (χ3n) is 3.98. The van der Waals surface area contributed by atoms with Crippen LogP contribution in [0.2, 0.25) is 0 Å². The summed E-state index contributed by atoms with van der Waals surface area (Å²) in [7, 11) is 0. The Labute approximate surface area is 109 Å². The SMILES string of the molecule is Cc1cc(C)c(CC(=O)C2CCOC2C)c(C)c1. The van der Waals surface area contributed by atoms with Crippen LogP contribution in [0.25, 0.3) is 0 Å². The predicted molar refractivity (Wildman–Crippen MR) is 72.9 cm³/mol. The molecule has 98 valence electrons. The summed E-state index contributed by atoms with van der Waals surface area (Å²) in [6, 6.07) is 4.31. The quantitative estimate of drug-likeness (QED) is 0.819. The third-order valence-corrected chi connectivity index (χ3v) is 3.98. The maximum Gasteiger partial charge on any atom is 0.143 e. The van der Waals surface area contributed by atoms with Gasteiger partial charge in [-0.25, -0.2) is 0 Å². The number of ether oxygens (including phenoxy) is 1. The molecular weight excluding hydrogens is 224 g/mol. The van der Waals surface area contributed by atoms with E-state index < -0.39 is 0 Å². The van der Waals surface area contributed by atoms with Crippen molar-refractivity contribution in [2.24, 2.45) is 5.92 Å². The number of Topliss-reactive ketones (excluding diaryl/α,β-unsaturated/α-hetero) is 1. The van der Waals surface area contributed by atoms with E-state index >= 15 is 0 Å². The molecule has 1 heterocycles. The summed E-state index contributed by atoms with van der Waals surface area (Å²) in [4.78, 5) is 12.3. The monoisotopic (exact) mass is 246 g/mol. The van der Waals surface area contributed by atoms with E-state index in [0.29, 0.717) is 12.2 Å². The van der Waals surface area contributed by atoms with Crippen molar-refractivity contribution in [1.82, 2.24) is 0 Å². The molecule has 1 aliphatic rings. The molecule has 1 aromatic carbocycles. The predicted octanol–water partition coefficient (Wildman–Crippen LogP) is 3.15. The number of carbonyl (C=O) groups excluding carboxylic acids is 1. The second-order valence-corrected chi connectivity index (χ2v) is 5.49. The second kappa shape index (κ2) is 5.23. The summed E-state index contributed by atoms with van der Waals surface area (Å²) in [5, 5.41) is 0. The van der Waals surface area contributed by atoms with Crippen LogP contribution in [-0.4, -0.2) is 18.5 Å². The van der Waals surface area contributed by atoms with Crippen molar-refractivity contribution in [1.29, 1.82) is 0 Å². The fourth-order valence-electron chi connectivity index (χ4n) is 2.95. The average molecular weight is 246 g/mol. The van der Waals surface area contributed by atoms with Gasteiger partial charge in [0.25, 0.3) is 0 Å². The highest BCUT2D eigenvalue weighted by atomic mass is 16.5. The van der Waals surface area contributed by atoms with Gasteiger partial charge >= 0.3 is 0 Å². The van der Waals surface area contributed by atoms with Gasteiger partial charge in [-0.2, -0.15) is 0 Å². The maximum absolute atomic E-state index is 12.3. The summed E-state index contributed by atoms with van der Waals surface area (Å²) in [6.07, 6.45) is 1.52. The smallest absolute Gasteiger partial charge is 0.143 e. The fraction of sp³-hybridized carbons (Fsp3) is 0.562. The van der Waals surface area contributed by atoms with E-state index in [1.807, 2.05) is 6.92 Å². The number of carbonyl (C=O) groups is 1. The van der Waals surface area contributed by atoms with Crippen molar-refractivity contribution in [3.05, 3.63) is 34.4 Å². The first-order valence-corrected chi connectivity index (χ1v) is 6.70. The zero-order chi connectivity index (χ0) is 13.3. The summed E-state index contributed by atoms with van der Waals surface area (Å²) < 4.78 is 5.48. The summed E-state index contributed by atoms with van der Waals surface area (Å²) >= 11 is 0. The molecule has 0 bridgehead atoms. The lowest BCUT2D eigenvalue weighted by molar-refractivity contribution is -0.123. The lowest BCUT2D eigenvalue weighted by Crippen LogP contribution is -2.23. The second-order valence-electron chi connectivity index (χ2n) is 5.49. The zero-order valence-corrected chi connectivity index (χ0v) is 11.7. The first-order chi connectivity index (χ1) is 8.49. The Kier molecular flexibility index (Phi) is 3.86. The van der Waals surface area contributed by atoms with Gasteiger partial charge in [0, 0.05) is 18.9 Å². The average Bonchev–Trinajstić information content (AvgIpc) is 2.69. The van der Waals surface area contributed by atoms with Crippen LogP contribution in [-0.2, 0) is 16.0 Å². The van der Waals surface area contributed by atoms with Crippen molar-refractivity contribution in [3.8, 4) is 0 Å². The third kappa shape index (κ3) is 2.64. The lowest BCUT2D eigenvalue weighted by atomic mass is 9.89. The van der Waals surface area contributed by atoms with Gasteiger partial charge in [0.2, 0.25) is 0 Å². The number of ketones is 1. The van der Waals surface area contributed by atoms with Crippen LogP contribution in [0.4, 0.5) is 0 Å². The van der Waals surface area contributed by atoms with Crippen molar-refractivity contribution in [2.75, 3.05) is 6.61 Å². The molecule has 0 aromatic heterocycles. The van der Waals surface area contributed by atoms with Crippen LogP contribution < -0.4 is 0 Å². The molecule has 0 radical (unpaired) electrons. The van der Waals surface area contributed by atoms with E-state index in [2.05, 4.69) is 32.9 Å². The number of rotatable bonds is 3. The normalized spacial score (nSPS) is 23.3. The zero-order valence-electron chi connectivity index (χ0n) is 11.7. The fourth-order valence-corrected chi connectivity index (χ4v) is 2.95. The van der Waals surface area contributed by atoms with Gasteiger partial charge < -0.3 is 4.74 Å². The lowest BCUT2D eigenvalue weighted by Gasteiger charge is -2.15. The Morgan fingerprint density at radius 1 is 1.28 bits per heavy atom. The van der Waals surface area contributed by atoms with Gasteiger partial charge in [-0.05, 0) is 50.8 Å². The number of aryl methyl sites for hydroxylation is 3. The van der Waals surface area contributed by atoms with Crippen molar-refractivity contribution < 1.29 is 9.53 Å². The Bertz CT molecular complexity index is 439. The Balaban J connectivity index is 2.17. The van der Waals surface area contributed by atoms with E-state index in [1.54, 1.807) is 0 Å². The van der Waals surface area contributed by atoms with Crippen LogP contribution in [0.1, 0.15) is 35.6 Å². The molecule has 2 heteroatoms. The molecule has 1 fully saturated rings. The molecule has 18 heavy (non-hydrogen) atoms. The molecule has 1 aromatic rings. The molecule has 0 amide bonds. The molecule has 1 aliphatic heterocycles. The number of benzene rings is 1. The minimum atomic E-state index is 0.0866. The molecule has 2 unspecified atom stereocenters. The number of hydrogen-bond donors (Lipinski definition) is 0. The molecule has 0 saturated carbocycles. The minimum absolute atomic E-state index is 0.0866. The van der Waals surface area contributed by atoms with Gasteiger partial charge in [-0.3, -0.25) is 4.79 Å².